The summed E-state index contributed by atoms with van der Waals surface area (Å²) in [6, 6.07) is 7.44. The van der Waals surface area contributed by atoms with Gasteiger partial charge in [-0.15, -0.1) is 0 Å². The number of aliphatic hydroxyl groups excluding tert-OH is 1. The van der Waals surface area contributed by atoms with Gasteiger partial charge in [0.2, 0.25) is 18.6 Å². The Bertz CT molecular complexity index is 1230. The number of hydrogen-bond donors (Lipinski definition) is 3. The number of hydrogen-bond acceptors (Lipinski definition) is 8. The minimum atomic E-state index is -0.835. The molecule has 2 aliphatic carbocycles. The summed E-state index contributed by atoms with van der Waals surface area (Å²) in [5, 5.41) is 17.9. The van der Waals surface area contributed by atoms with E-state index >= 15 is 0 Å². The van der Waals surface area contributed by atoms with E-state index in [0.717, 1.165) is 43.2 Å². The van der Waals surface area contributed by atoms with Gasteiger partial charge in [-0.3, -0.25) is 4.79 Å². The second-order valence-electron chi connectivity index (χ2n) is 12.3. The lowest BCUT2D eigenvalue weighted by molar-refractivity contribution is -0.126. The van der Waals surface area contributed by atoms with Crippen LogP contribution in [-0.4, -0.2) is 60.8 Å². The lowest BCUT2D eigenvalue weighted by Gasteiger charge is -2.47. The van der Waals surface area contributed by atoms with E-state index in [0.29, 0.717) is 41.7 Å². The zero-order chi connectivity index (χ0) is 27.2. The van der Waals surface area contributed by atoms with Gasteiger partial charge in [-0.1, -0.05) is 19.9 Å². The molecule has 3 heterocycles. The van der Waals surface area contributed by atoms with Crippen LogP contribution in [0.2, 0.25) is 0 Å². The van der Waals surface area contributed by atoms with Crippen molar-refractivity contribution in [1.82, 2.24) is 15.6 Å². The second-order valence-corrected chi connectivity index (χ2v) is 12.3. The average molecular weight is 538 g/mol. The van der Waals surface area contributed by atoms with Crippen LogP contribution in [0.3, 0.4) is 0 Å². The fourth-order valence-corrected chi connectivity index (χ4v) is 6.23. The summed E-state index contributed by atoms with van der Waals surface area (Å²) in [5.74, 6) is 2.33. The number of nitrogens with zero attached hydrogens (tertiary/aromatic N) is 1. The first kappa shape index (κ1) is 26.3. The molecule has 0 radical (unpaired) electrons. The van der Waals surface area contributed by atoms with E-state index in [1.54, 1.807) is 0 Å². The number of ether oxygens (including phenoxy) is 4. The van der Waals surface area contributed by atoms with E-state index in [4.69, 9.17) is 23.9 Å². The summed E-state index contributed by atoms with van der Waals surface area (Å²) >= 11 is 0. The Morgan fingerprint density at radius 1 is 1.21 bits per heavy atom. The zero-order valence-corrected chi connectivity index (χ0v) is 23.0. The minimum absolute atomic E-state index is 0.0129. The standard InChI is InChI=1S/C30H39N3O6/c1-29(2)12-21(29)19-11-20-23(13-30(7-4-8-30)39-28(20)32-14-19)31-15-24(34)22(33-27(35)16-36-3)9-18-5-6-25-26(10-18)38-17-37-25/h5-6,10-11,14,21-24,31,34H,4,7-9,12-13,15-17H2,1-3H3,(H,33,35)/t21-,22-,23-,24-/m0/s1. The highest BCUT2D eigenvalue weighted by atomic mass is 16.7. The molecule has 9 nitrogen and oxygen atoms in total. The Kier molecular flexibility index (Phi) is 6.93. The maximum absolute atomic E-state index is 12.5. The lowest BCUT2D eigenvalue weighted by atomic mass is 9.73. The van der Waals surface area contributed by atoms with Gasteiger partial charge in [-0.25, -0.2) is 4.98 Å². The van der Waals surface area contributed by atoms with Gasteiger partial charge in [0.25, 0.3) is 0 Å². The molecule has 1 aromatic carbocycles. The van der Waals surface area contributed by atoms with Crippen molar-refractivity contribution in [3.05, 3.63) is 47.2 Å². The molecule has 0 saturated heterocycles. The molecule has 3 N–H and O–H groups in total. The number of benzene rings is 1. The van der Waals surface area contributed by atoms with Gasteiger partial charge in [0, 0.05) is 37.9 Å². The van der Waals surface area contributed by atoms with Crippen LogP contribution in [0.25, 0.3) is 0 Å². The van der Waals surface area contributed by atoms with Gasteiger partial charge < -0.3 is 34.7 Å². The number of nitrogens with one attached hydrogen (secondary N) is 2. The Hall–Kier alpha value is -2.88. The van der Waals surface area contributed by atoms with Crippen molar-refractivity contribution < 1.29 is 28.8 Å². The molecular weight excluding hydrogens is 498 g/mol. The normalized spacial score (nSPS) is 24.7. The number of carbonyl (C=O) groups excluding carboxylic acids is 1. The summed E-state index contributed by atoms with van der Waals surface area (Å²) in [6.07, 6.45) is 6.78. The van der Waals surface area contributed by atoms with Crippen molar-refractivity contribution in [1.29, 1.82) is 0 Å². The topological polar surface area (TPSA) is 111 Å². The largest absolute Gasteiger partial charge is 0.471 e. The van der Waals surface area contributed by atoms with Crippen molar-refractivity contribution in [3.8, 4) is 17.4 Å². The van der Waals surface area contributed by atoms with Gasteiger partial charge in [0.1, 0.15) is 12.2 Å². The number of methoxy groups -OCH3 is 1. The molecule has 6 rings (SSSR count). The fraction of sp³-hybridized carbons (Fsp3) is 0.600. The van der Waals surface area contributed by atoms with Crippen LogP contribution >= 0.6 is 0 Å². The van der Waals surface area contributed by atoms with E-state index in [2.05, 4.69) is 30.5 Å². The number of rotatable bonds is 10. The van der Waals surface area contributed by atoms with Gasteiger partial charge in [0.05, 0.1) is 12.1 Å². The van der Waals surface area contributed by atoms with Crippen molar-refractivity contribution >= 4 is 5.91 Å². The molecule has 0 bridgehead atoms. The number of carbonyl (C=O) groups is 1. The van der Waals surface area contributed by atoms with Crippen LogP contribution in [0.4, 0.5) is 0 Å². The summed E-state index contributed by atoms with van der Waals surface area (Å²) in [7, 11) is 1.48. The molecule has 4 atom stereocenters. The van der Waals surface area contributed by atoms with Gasteiger partial charge >= 0.3 is 0 Å². The number of aliphatic hydroxyl groups is 1. The highest BCUT2D eigenvalue weighted by molar-refractivity contribution is 5.77. The molecule has 2 aliphatic heterocycles. The third-order valence-electron chi connectivity index (χ3n) is 8.90. The number of fused-ring (bicyclic) bond motifs is 2. The molecule has 2 aromatic rings. The second kappa shape index (κ2) is 10.3. The summed E-state index contributed by atoms with van der Waals surface area (Å²) in [4.78, 5) is 17.2. The van der Waals surface area contributed by atoms with Crippen LogP contribution in [0.1, 0.15) is 74.6 Å². The van der Waals surface area contributed by atoms with Crippen molar-refractivity contribution in [2.45, 2.75) is 82.1 Å². The van der Waals surface area contributed by atoms with Crippen LogP contribution in [-0.2, 0) is 16.0 Å². The molecule has 0 unspecified atom stereocenters. The first-order valence-corrected chi connectivity index (χ1v) is 14.0. The molecule has 1 amide bonds. The zero-order valence-electron chi connectivity index (χ0n) is 23.0. The van der Waals surface area contributed by atoms with Gasteiger partial charge in [-0.05, 0) is 72.8 Å². The Labute approximate surface area is 229 Å². The van der Waals surface area contributed by atoms with Crippen LogP contribution < -0.4 is 24.8 Å². The third kappa shape index (κ3) is 5.44. The first-order valence-electron chi connectivity index (χ1n) is 14.0. The molecule has 2 saturated carbocycles. The van der Waals surface area contributed by atoms with E-state index in [1.165, 1.54) is 12.7 Å². The van der Waals surface area contributed by atoms with Gasteiger partial charge in [0.15, 0.2) is 11.5 Å². The summed E-state index contributed by atoms with van der Waals surface area (Å²) in [6.45, 7) is 5.02. The molecular formula is C30H39N3O6. The highest BCUT2D eigenvalue weighted by Gasteiger charge is 2.49. The van der Waals surface area contributed by atoms with Crippen LogP contribution in [0.15, 0.2) is 30.5 Å². The Balaban J connectivity index is 1.18. The van der Waals surface area contributed by atoms with E-state index in [9.17, 15) is 9.90 Å². The summed E-state index contributed by atoms with van der Waals surface area (Å²) < 4.78 is 22.4. The summed E-state index contributed by atoms with van der Waals surface area (Å²) in [5.41, 5.74) is 3.39. The van der Waals surface area contributed by atoms with Crippen LogP contribution in [0.5, 0.6) is 17.4 Å². The first-order chi connectivity index (χ1) is 18.7. The highest BCUT2D eigenvalue weighted by Crippen LogP contribution is 2.59. The maximum Gasteiger partial charge on any atom is 0.246 e. The number of amides is 1. The molecule has 1 aromatic heterocycles. The number of aromatic nitrogens is 1. The van der Waals surface area contributed by atoms with E-state index in [-0.39, 0.29) is 30.9 Å². The predicted molar refractivity (Wildman–Crippen MR) is 144 cm³/mol. The minimum Gasteiger partial charge on any atom is -0.471 e. The van der Waals surface area contributed by atoms with E-state index < -0.39 is 12.1 Å². The smallest absolute Gasteiger partial charge is 0.246 e. The molecule has 1 spiro atoms. The molecule has 2 fully saturated rings. The van der Waals surface area contributed by atoms with Crippen molar-refractivity contribution in [2.75, 3.05) is 27.1 Å². The average Bonchev–Trinajstić information content (AvgIpc) is 3.29. The molecule has 39 heavy (non-hydrogen) atoms. The molecule has 9 heteroatoms. The third-order valence-corrected chi connectivity index (χ3v) is 8.90. The molecule has 210 valence electrons. The lowest BCUT2D eigenvalue weighted by Crippen LogP contribution is -2.52. The van der Waals surface area contributed by atoms with Crippen LogP contribution in [0, 0.1) is 5.41 Å². The quantitative estimate of drug-likeness (QED) is 0.423. The Morgan fingerprint density at radius 3 is 2.72 bits per heavy atom. The monoisotopic (exact) mass is 537 g/mol. The SMILES string of the molecule is COCC(=O)N[C@@H](Cc1ccc2c(c1)OCO2)[C@@H](O)CN[C@H]1CC2(CCC2)Oc2ncc([C@@H]3CC3(C)C)cc21. The molecule has 4 aliphatic rings. The maximum atomic E-state index is 12.5. The Morgan fingerprint density at radius 2 is 2.00 bits per heavy atom. The predicted octanol–water partition coefficient (Wildman–Crippen LogP) is 3.39. The van der Waals surface area contributed by atoms with Crippen molar-refractivity contribution in [2.24, 2.45) is 5.41 Å². The van der Waals surface area contributed by atoms with Gasteiger partial charge in [-0.2, -0.15) is 0 Å². The van der Waals surface area contributed by atoms with Crippen molar-refractivity contribution in [3.63, 3.8) is 0 Å². The number of pyridine rings is 1. The van der Waals surface area contributed by atoms with E-state index in [1.807, 2.05) is 24.4 Å². The fourth-order valence-electron chi connectivity index (χ4n) is 6.23.